The van der Waals surface area contributed by atoms with E-state index >= 15 is 0 Å². The van der Waals surface area contributed by atoms with E-state index in [1.807, 2.05) is 20.8 Å². The summed E-state index contributed by atoms with van der Waals surface area (Å²) >= 11 is 0. The Bertz CT molecular complexity index is 159. The molecule has 0 bridgehead atoms. The van der Waals surface area contributed by atoms with Crippen molar-refractivity contribution in [3.8, 4) is 0 Å². The van der Waals surface area contributed by atoms with Crippen LogP contribution < -0.4 is 0 Å². The quantitative estimate of drug-likeness (QED) is 0.750. The van der Waals surface area contributed by atoms with Crippen LogP contribution in [-0.4, -0.2) is 31.6 Å². The molecule has 0 unspecified atom stereocenters. The van der Waals surface area contributed by atoms with E-state index in [2.05, 4.69) is 0 Å². The highest BCUT2D eigenvalue weighted by atomic mass is 32.2. The van der Waals surface area contributed by atoms with Gasteiger partial charge in [-0.05, 0) is 19.3 Å². The van der Waals surface area contributed by atoms with Gasteiger partial charge in [-0.3, -0.25) is 0 Å². The van der Waals surface area contributed by atoms with Crippen LogP contribution in [0.3, 0.4) is 0 Å². The van der Waals surface area contributed by atoms with E-state index in [-0.39, 0.29) is 0 Å². The van der Waals surface area contributed by atoms with Gasteiger partial charge in [0.05, 0.1) is 0 Å². The Hall–Kier alpha value is -0.0900. The zero-order chi connectivity index (χ0) is 10.7. The first-order chi connectivity index (χ1) is 6.04. The highest BCUT2D eigenvalue weighted by Crippen LogP contribution is 1.94. The van der Waals surface area contributed by atoms with Crippen molar-refractivity contribution >= 4 is 9.84 Å². The minimum absolute atomic E-state index is 0.319. The van der Waals surface area contributed by atoms with Crippen molar-refractivity contribution in [1.29, 1.82) is 0 Å². The van der Waals surface area contributed by atoms with Crippen molar-refractivity contribution in [1.82, 2.24) is 0 Å². The van der Waals surface area contributed by atoms with Gasteiger partial charge in [-0.1, -0.05) is 20.8 Å². The van der Waals surface area contributed by atoms with Crippen molar-refractivity contribution in [2.45, 2.75) is 40.0 Å². The number of hydrogen-bond acceptors (Lipinski definition) is 3. The molecule has 4 heteroatoms. The third kappa shape index (κ3) is 14.7. The second-order valence-electron chi connectivity index (χ2n) is 2.88. The molecule has 0 saturated carbocycles. The van der Waals surface area contributed by atoms with Crippen LogP contribution in [-0.2, 0) is 9.84 Å². The van der Waals surface area contributed by atoms with Crippen molar-refractivity contribution in [3.63, 3.8) is 0 Å². The Morgan fingerprint density at radius 2 is 1.23 bits per heavy atom. The van der Waals surface area contributed by atoms with Gasteiger partial charge >= 0.3 is 0 Å². The van der Waals surface area contributed by atoms with Crippen molar-refractivity contribution in [2.75, 3.05) is 18.1 Å². The number of hydrogen-bond donors (Lipinski definition) is 1. The predicted octanol–water partition coefficient (Wildman–Crippen LogP) is 1.61. The lowest BCUT2D eigenvalue weighted by Crippen LogP contribution is -2.08. The second kappa shape index (κ2) is 9.99. The van der Waals surface area contributed by atoms with Gasteiger partial charge in [-0.2, -0.15) is 0 Å². The molecule has 1 N–H and O–H groups in total. The molecule has 0 aromatic heterocycles. The Morgan fingerprint density at radius 1 is 0.923 bits per heavy atom. The molecule has 0 fully saturated rings. The highest BCUT2D eigenvalue weighted by molar-refractivity contribution is 7.91. The van der Waals surface area contributed by atoms with Gasteiger partial charge in [-0.15, -0.1) is 0 Å². The molecule has 0 aliphatic rings. The molecule has 0 aromatic carbocycles. The zero-order valence-electron chi connectivity index (χ0n) is 8.91. The van der Waals surface area contributed by atoms with E-state index in [9.17, 15) is 8.42 Å². The zero-order valence-corrected chi connectivity index (χ0v) is 9.73. The second-order valence-corrected chi connectivity index (χ2v) is 5.18. The van der Waals surface area contributed by atoms with Gasteiger partial charge in [0.25, 0.3) is 0 Å². The van der Waals surface area contributed by atoms with Crippen LogP contribution in [0.4, 0.5) is 0 Å². The molecule has 0 amide bonds. The summed E-state index contributed by atoms with van der Waals surface area (Å²) in [5.74, 6) is 0.696. The summed E-state index contributed by atoms with van der Waals surface area (Å²) in [6.07, 6.45) is 2.35. The Labute approximate surface area is 82.1 Å². The first-order valence-electron chi connectivity index (χ1n) is 4.85. The fourth-order valence-corrected chi connectivity index (χ4v) is 2.17. The van der Waals surface area contributed by atoms with E-state index in [0.717, 1.165) is 19.3 Å². The van der Waals surface area contributed by atoms with Gasteiger partial charge in [0.15, 0.2) is 0 Å². The molecule has 82 valence electrons. The summed E-state index contributed by atoms with van der Waals surface area (Å²) in [5.41, 5.74) is 0. The standard InChI is InChI=1S/C6H14O2S.C3H8O/c1-3-5-9(7,8)6-4-2;1-2-3-4/h3-6H2,1-2H3;4H,2-3H2,1H3. The van der Waals surface area contributed by atoms with Crippen LogP contribution in [0.15, 0.2) is 0 Å². The monoisotopic (exact) mass is 210 g/mol. The third-order valence-corrected chi connectivity index (χ3v) is 3.31. The Balaban J connectivity index is 0. The first-order valence-corrected chi connectivity index (χ1v) is 6.67. The molecular formula is C9H22O3S. The molecular weight excluding hydrogens is 188 g/mol. The molecule has 0 aromatic rings. The smallest absolute Gasteiger partial charge is 0.150 e. The normalized spacial score (nSPS) is 10.5. The maximum Gasteiger partial charge on any atom is 0.150 e. The van der Waals surface area contributed by atoms with Crippen molar-refractivity contribution in [3.05, 3.63) is 0 Å². The lowest BCUT2D eigenvalue weighted by Gasteiger charge is -1.96. The summed E-state index contributed by atoms with van der Waals surface area (Å²) in [5, 5.41) is 7.88. The fraction of sp³-hybridized carbons (Fsp3) is 1.00. The van der Waals surface area contributed by atoms with E-state index in [1.54, 1.807) is 0 Å². The summed E-state index contributed by atoms with van der Waals surface area (Å²) in [6, 6.07) is 0. The lowest BCUT2D eigenvalue weighted by molar-refractivity contribution is 0.295. The van der Waals surface area contributed by atoms with E-state index in [1.165, 1.54) is 0 Å². The average Bonchev–Trinajstić information content (AvgIpc) is 2.04. The summed E-state index contributed by atoms with van der Waals surface area (Å²) in [7, 11) is -2.68. The molecule has 3 nitrogen and oxygen atoms in total. The molecule has 0 radical (unpaired) electrons. The molecule has 0 aliphatic carbocycles. The van der Waals surface area contributed by atoms with Crippen molar-refractivity contribution in [2.24, 2.45) is 0 Å². The summed E-state index contributed by atoms with van der Waals surface area (Å²) < 4.78 is 21.7. The molecule has 0 heterocycles. The fourth-order valence-electron chi connectivity index (χ4n) is 0.724. The van der Waals surface area contributed by atoms with Crippen LogP contribution >= 0.6 is 0 Å². The van der Waals surface area contributed by atoms with Gasteiger partial charge in [0.2, 0.25) is 0 Å². The molecule has 0 aliphatic heterocycles. The SMILES string of the molecule is CCCO.CCCS(=O)(=O)CCC. The topological polar surface area (TPSA) is 54.4 Å². The summed E-state index contributed by atoms with van der Waals surface area (Å²) in [6.45, 7) is 6.01. The first kappa shape index (κ1) is 15.4. The maximum absolute atomic E-state index is 10.8. The average molecular weight is 210 g/mol. The number of rotatable bonds is 5. The lowest BCUT2D eigenvalue weighted by atomic mass is 10.5. The van der Waals surface area contributed by atoms with E-state index < -0.39 is 9.84 Å². The number of sulfone groups is 1. The predicted molar refractivity (Wildman–Crippen MR) is 56.6 cm³/mol. The molecule has 0 spiro atoms. The Kier molecular flexibility index (Phi) is 11.8. The van der Waals surface area contributed by atoms with E-state index in [4.69, 9.17) is 5.11 Å². The van der Waals surface area contributed by atoms with Crippen LogP contribution in [0.25, 0.3) is 0 Å². The van der Waals surface area contributed by atoms with Crippen LogP contribution in [0.5, 0.6) is 0 Å². The van der Waals surface area contributed by atoms with Gasteiger partial charge in [0, 0.05) is 18.1 Å². The molecule has 13 heavy (non-hydrogen) atoms. The van der Waals surface area contributed by atoms with Crippen LogP contribution in [0, 0.1) is 0 Å². The molecule has 0 atom stereocenters. The Morgan fingerprint density at radius 3 is 1.38 bits per heavy atom. The molecule has 0 rings (SSSR count). The minimum Gasteiger partial charge on any atom is -0.396 e. The van der Waals surface area contributed by atoms with Crippen LogP contribution in [0.2, 0.25) is 0 Å². The molecule has 0 saturated heterocycles. The van der Waals surface area contributed by atoms with Gasteiger partial charge in [-0.25, -0.2) is 8.42 Å². The van der Waals surface area contributed by atoms with Crippen molar-refractivity contribution < 1.29 is 13.5 Å². The summed E-state index contributed by atoms with van der Waals surface area (Å²) in [4.78, 5) is 0. The third-order valence-electron chi connectivity index (χ3n) is 1.25. The highest BCUT2D eigenvalue weighted by Gasteiger charge is 2.05. The maximum atomic E-state index is 10.8. The number of aliphatic hydroxyl groups is 1. The van der Waals surface area contributed by atoms with Gasteiger partial charge in [0.1, 0.15) is 9.84 Å². The minimum atomic E-state index is -2.68. The van der Waals surface area contributed by atoms with Gasteiger partial charge < -0.3 is 5.11 Å². The number of aliphatic hydroxyl groups excluding tert-OH is 1. The largest absolute Gasteiger partial charge is 0.396 e. The van der Waals surface area contributed by atoms with E-state index in [0.29, 0.717) is 18.1 Å². The van der Waals surface area contributed by atoms with Crippen LogP contribution in [0.1, 0.15) is 40.0 Å².